The van der Waals surface area contributed by atoms with Gasteiger partial charge in [-0.1, -0.05) is 23.2 Å². The van der Waals surface area contributed by atoms with E-state index in [1.165, 1.54) is 6.92 Å². The number of hydrogen-bond donors (Lipinski definition) is 0. The quantitative estimate of drug-likeness (QED) is 0.292. The Bertz CT molecular complexity index is 1200. The minimum Gasteiger partial charge on any atom is -0.295 e. The third-order valence-corrected chi connectivity index (χ3v) is 4.70. The molecule has 0 aliphatic carbocycles. The number of rotatable bonds is 2. The molecule has 6 heteroatoms. The molecular weight excluding hydrogens is 395 g/mol. The van der Waals surface area contributed by atoms with Crippen LogP contribution in [0.2, 0.25) is 10.2 Å². The minimum absolute atomic E-state index is 0.0341. The van der Waals surface area contributed by atoms with Gasteiger partial charge in [-0.15, -0.1) is 0 Å². The summed E-state index contributed by atoms with van der Waals surface area (Å²) in [5.41, 5.74) is 2.97. The fourth-order valence-corrected chi connectivity index (χ4v) is 3.01. The molecule has 0 saturated heterocycles. The van der Waals surface area contributed by atoms with E-state index in [0.29, 0.717) is 21.3 Å². The first-order valence-electron chi connectivity index (χ1n) is 8.47. The zero-order valence-corrected chi connectivity index (χ0v) is 16.8. The summed E-state index contributed by atoms with van der Waals surface area (Å²) in [6, 6.07) is 16.0. The zero-order chi connectivity index (χ0) is 20.3. The van der Waals surface area contributed by atoms with Gasteiger partial charge in [0.15, 0.2) is 11.6 Å². The molecule has 4 nitrogen and oxygen atoms in total. The Balaban J connectivity index is 0.000000161. The number of hydrogen-bond acceptors (Lipinski definition) is 4. The molecule has 4 rings (SSSR count). The summed E-state index contributed by atoms with van der Waals surface area (Å²) >= 11 is 11.7. The fourth-order valence-electron chi connectivity index (χ4n) is 2.65. The van der Waals surface area contributed by atoms with E-state index in [2.05, 4.69) is 9.97 Å². The monoisotopic (exact) mass is 410 g/mol. The molecular formula is C22H16Cl2N2O2. The second-order valence-corrected chi connectivity index (χ2v) is 6.97. The number of carbonyl (C=O) groups is 2. The number of fused-ring (bicyclic) bond motifs is 2. The van der Waals surface area contributed by atoms with Gasteiger partial charge < -0.3 is 0 Å². The maximum atomic E-state index is 11.1. The summed E-state index contributed by atoms with van der Waals surface area (Å²) in [5.74, 6) is 0.0914. The van der Waals surface area contributed by atoms with Crippen LogP contribution >= 0.6 is 23.2 Å². The van der Waals surface area contributed by atoms with Crippen LogP contribution < -0.4 is 0 Å². The summed E-state index contributed by atoms with van der Waals surface area (Å²) in [4.78, 5) is 30.5. The van der Waals surface area contributed by atoms with E-state index in [-0.39, 0.29) is 11.6 Å². The van der Waals surface area contributed by atoms with Crippen molar-refractivity contribution in [2.24, 2.45) is 0 Å². The van der Waals surface area contributed by atoms with Gasteiger partial charge in [-0.3, -0.25) is 14.6 Å². The Morgan fingerprint density at radius 3 is 2.11 bits per heavy atom. The average Bonchev–Trinajstić information content (AvgIpc) is 2.68. The number of halogens is 2. The molecule has 0 aliphatic heterocycles. The number of pyridine rings is 2. The van der Waals surface area contributed by atoms with Crippen molar-refractivity contribution in [3.05, 3.63) is 82.1 Å². The SMILES string of the molecule is CC(=O)c1ccc2nc(Cl)ccc2c1.CC(=O)c1ccc2nccc(Cl)c2c1. The predicted octanol–water partition coefficient (Wildman–Crippen LogP) is 6.18. The molecule has 0 fully saturated rings. The van der Waals surface area contributed by atoms with E-state index in [0.717, 1.165) is 21.8 Å². The molecule has 0 amide bonds. The smallest absolute Gasteiger partial charge is 0.159 e. The molecule has 140 valence electrons. The highest BCUT2D eigenvalue weighted by atomic mass is 35.5. The van der Waals surface area contributed by atoms with E-state index in [4.69, 9.17) is 23.2 Å². The van der Waals surface area contributed by atoms with Crippen LogP contribution in [-0.2, 0) is 0 Å². The van der Waals surface area contributed by atoms with Crippen molar-refractivity contribution >= 4 is 56.6 Å². The second kappa shape index (κ2) is 8.46. The van der Waals surface area contributed by atoms with Gasteiger partial charge in [0.05, 0.1) is 16.1 Å². The third-order valence-electron chi connectivity index (χ3n) is 4.16. The topological polar surface area (TPSA) is 59.9 Å². The minimum atomic E-state index is 0.0341. The number of ketones is 2. The van der Waals surface area contributed by atoms with Crippen LogP contribution in [0.5, 0.6) is 0 Å². The number of nitrogens with zero attached hydrogens (tertiary/aromatic N) is 2. The van der Waals surface area contributed by atoms with Crippen molar-refractivity contribution < 1.29 is 9.59 Å². The van der Waals surface area contributed by atoms with Crippen molar-refractivity contribution in [1.29, 1.82) is 0 Å². The maximum Gasteiger partial charge on any atom is 0.159 e. The van der Waals surface area contributed by atoms with E-state index >= 15 is 0 Å². The lowest BCUT2D eigenvalue weighted by Crippen LogP contribution is -1.91. The van der Waals surface area contributed by atoms with Crippen molar-refractivity contribution in [3.8, 4) is 0 Å². The van der Waals surface area contributed by atoms with Crippen LogP contribution in [0.25, 0.3) is 21.8 Å². The summed E-state index contributed by atoms with van der Waals surface area (Å²) in [6.07, 6.45) is 1.65. The summed E-state index contributed by atoms with van der Waals surface area (Å²) < 4.78 is 0. The van der Waals surface area contributed by atoms with Crippen LogP contribution in [0.15, 0.2) is 60.8 Å². The van der Waals surface area contributed by atoms with Crippen LogP contribution in [0.4, 0.5) is 0 Å². The van der Waals surface area contributed by atoms with E-state index in [1.807, 2.05) is 12.1 Å². The van der Waals surface area contributed by atoms with Gasteiger partial charge in [0.2, 0.25) is 0 Å². The molecule has 2 heterocycles. The summed E-state index contributed by atoms with van der Waals surface area (Å²) in [5, 5.41) is 2.84. The molecule has 0 atom stereocenters. The predicted molar refractivity (Wildman–Crippen MR) is 114 cm³/mol. The molecule has 0 N–H and O–H groups in total. The number of Topliss-reactive ketones (excluding diaryl/α,β-unsaturated/α-hetero) is 2. The van der Waals surface area contributed by atoms with Crippen LogP contribution in [-0.4, -0.2) is 21.5 Å². The Hall–Kier alpha value is -2.82. The number of benzene rings is 2. The molecule has 0 spiro atoms. The van der Waals surface area contributed by atoms with Crippen LogP contribution in [0.1, 0.15) is 34.6 Å². The van der Waals surface area contributed by atoms with Gasteiger partial charge >= 0.3 is 0 Å². The normalized spacial score (nSPS) is 10.4. The van der Waals surface area contributed by atoms with Crippen molar-refractivity contribution in [1.82, 2.24) is 9.97 Å². The van der Waals surface area contributed by atoms with Gasteiger partial charge in [-0.2, -0.15) is 0 Å². The van der Waals surface area contributed by atoms with Gasteiger partial charge in [-0.05, 0) is 68.4 Å². The van der Waals surface area contributed by atoms with Crippen molar-refractivity contribution in [2.75, 3.05) is 0 Å². The number of carbonyl (C=O) groups excluding carboxylic acids is 2. The molecule has 0 saturated carbocycles. The molecule has 0 radical (unpaired) electrons. The van der Waals surface area contributed by atoms with E-state index in [1.54, 1.807) is 55.6 Å². The first-order valence-corrected chi connectivity index (χ1v) is 9.23. The van der Waals surface area contributed by atoms with E-state index in [9.17, 15) is 9.59 Å². The Morgan fingerprint density at radius 1 is 0.786 bits per heavy atom. The highest BCUT2D eigenvalue weighted by Crippen LogP contribution is 2.22. The summed E-state index contributed by atoms with van der Waals surface area (Å²) in [6.45, 7) is 3.08. The number of aromatic nitrogens is 2. The maximum absolute atomic E-state index is 11.1. The first-order chi connectivity index (χ1) is 13.3. The molecule has 0 aliphatic rings. The molecule has 2 aromatic heterocycles. The lowest BCUT2D eigenvalue weighted by molar-refractivity contribution is 0.100. The molecule has 4 aromatic rings. The Labute approximate surface area is 172 Å². The zero-order valence-electron chi connectivity index (χ0n) is 15.2. The van der Waals surface area contributed by atoms with Crippen LogP contribution in [0, 0.1) is 0 Å². The molecule has 0 bridgehead atoms. The van der Waals surface area contributed by atoms with Gasteiger partial charge in [0.1, 0.15) is 5.15 Å². The summed E-state index contributed by atoms with van der Waals surface area (Å²) in [7, 11) is 0. The third kappa shape index (κ3) is 4.53. The highest BCUT2D eigenvalue weighted by molar-refractivity contribution is 6.35. The largest absolute Gasteiger partial charge is 0.295 e. The van der Waals surface area contributed by atoms with Crippen molar-refractivity contribution in [3.63, 3.8) is 0 Å². The lowest BCUT2D eigenvalue weighted by atomic mass is 10.1. The molecule has 28 heavy (non-hydrogen) atoms. The second-order valence-electron chi connectivity index (χ2n) is 6.18. The van der Waals surface area contributed by atoms with E-state index < -0.39 is 0 Å². The molecule has 2 aromatic carbocycles. The Kier molecular flexibility index (Phi) is 6.02. The lowest BCUT2D eigenvalue weighted by Gasteiger charge is -2.01. The highest BCUT2D eigenvalue weighted by Gasteiger charge is 2.04. The standard InChI is InChI=1S/2C11H8ClNO/c1-7(14)8-2-4-10-9(6-8)3-5-11(12)13-10;1-7(14)8-2-3-11-9(6-8)10(12)4-5-13-11/h2*2-6H,1H3. The fraction of sp³-hybridized carbons (Fsp3) is 0.0909. The van der Waals surface area contributed by atoms with Gasteiger partial charge in [0, 0.05) is 28.1 Å². The Morgan fingerprint density at radius 2 is 1.43 bits per heavy atom. The van der Waals surface area contributed by atoms with Crippen molar-refractivity contribution in [2.45, 2.75) is 13.8 Å². The average molecular weight is 411 g/mol. The molecule has 0 unspecified atom stereocenters. The first kappa shape index (κ1) is 19.9. The van der Waals surface area contributed by atoms with Gasteiger partial charge in [0.25, 0.3) is 0 Å². The van der Waals surface area contributed by atoms with Gasteiger partial charge in [-0.25, -0.2) is 4.98 Å². The van der Waals surface area contributed by atoms with Crippen LogP contribution in [0.3, 0.4) is 0 Å².